The number of hydrogen-bond acceptors (Lipinski definition) is 5. The first kappa shape index (κ1) is 11.9. The highest BCUT2D eigenvalue weighted by atomic mass is 19.4. The first-order chi connectivity index (χ1) is 6.97. The molecule has 0 saturated heterocycles. The quantitative estimate of drug-likeness (QED) is 0.757. The fourth-order valence-electron chi connectivity index (χ4n) is 0.846. The Morgan fingerprint density at radius 2 is 2.20 bits per heavy atom. The predicted octanol–water partition coefficient (Wildman–Crippen LogP) is 1.00. The summed E-state index contributed by atoms with van der Waals surface area (Å²) >= 11 is 0. The van der Waals surface area contributed by atoms with Crippen molar-refractivity contribution < 1.29 is 22.4 Å². The van der Waals surface area contributed by atoms with Crippen LogP contribution in [0, 0.1) is 6.92 Å². The fraction of sp³-hybridized carbons (Fsp3) is 0.714. The van der Waals surface area contributed by atoms with Gasteiger partial charge in [-0.3, -0.25) is 4.74 Å². The van der Waals surface area contributed by atoms with Crippen molar-refractivity contribution in [1.29, 1.82) is 0 Å². The van der Waals surface area contributed by atoms with Gasteiger partial charge in [0.2, 0.25) is 5.89 Å². The second-order valence-electron chi connectivity index (χ2n) is 2.71. The number of rotatable bonds is 5. The smallest absolute Gasteiger partial charge is 0.338 e. The van der Waals surface area contributed by atoms with Gasteiger partial charge in [0.05, 0.1) is 13.2 Å². The van der Waals surface area contributed by atoms with Crippen LogP contribution in [0.3, 0.4) is 0 Å². The molecule has 1 N–H and O–H groups in total. The maximum Gasteiger partial charge on any atom is 0.522 e. The Hall–Kier alpha value is -1.15. The number of nitrogens with one attached hydrogen (secondary N) is 1. The zero-order valence-corrected chi connectivity index (χ0v) is 7.97. The largest absolute Gasteiger partial charge is 0.522 e. The lowest BCUT2D eigenvalue weighted by Crippen LogP contribution is -2.24. The van der Waals surface area contributed by atoms with E-state index in [1.165, 1.54) is 0 Å². The minimum Gasteiger partial charge on any atom is -0.338 e. The Labute approximate surface area is 83.6 Å². The van der Waals surface area contributed by atoms with Crippen molar-refractivity contribution in [2.45, 2.75) is 19.8 Å². The maximum absolute atomic E-state index is 11.5. The molecule has 1 aromatic heterocycles. The van der Waals surface area contributed by atoms with Crippen molar-refractivity contribution in [3.05, 3.63) is 11.7 Å². The van der Waals surface area contributed by atoms with E-state index >= 15 is 0 Å². The van der Waals surface area contributed by atoms with Gasteiger partial charge in [-0.15, -0.1) is 13.2 Å². The van der Waals surface area contributed by atoms with Gasteiger partial charge >= 0.3 is 6.36 Å². The van der Waals surface area contributed by atoms with Crippen LogP contribution in [-0.4, -0.2) is 29.7 Å². The Bertz CT molecular complexity index is 300. The summed E-state index contributed by atoms with van der Waals surface area (Å²) in [5.74, 6) is 0.817. The summed E-state index contributed by atoms with van der Waals surface area (Å²) in [6.07, 6.45) is -4.58. The first-order valence-electron chi connectivity index (χ1n) is 4.18. The highest BCUT2D eigenvalue weighted by Crippen LogP contribution is 2.15. The van der Waals surface area contributed by atoms with Gasteiger partial charge < -0.3 is 9.84 Å². The Morgan fingerprint density at radius 3 is 2.73 bits per heavy atom. The molecule has 0 amide bonds. The van der Waals surface area contributed by atoms with E-state index in [1.807, 2.05) is 0 Å². The van der Waals surface area contributed by atoms with E-state index in [-0.39, 0.29) is 13.1 Å². The minimum atomic E-state index is -4.58. The lowest BCUT2D eigenvalue weighted by molar-refractivity contribution is -0.323. The summed E-state index contributed by atoms with van der Waals surface area (Å²) < 4.78 is 42.8. The fourth-order valence-corrected chi connectivity index (χ4v) is 0.846. The molecule has 0 aliphatic heterocycles. The molecule has 0 bridgehead atoms. The second-order valence-corrected chi connectivity index (χ2v) is 2.71. The highest BCUT2D eigenvalue weighted by Gasteiger charge is 2.28. The third-order valence-electron chi connectivity index (χ3n) is 1.39. The van der Waals surface area contributed by atoms with E-state index < -0.39 is 13.0 Å². The SMILES string of the molecule is Cc1noc(CNCCOC(F)(F)F)n1. The van der Waals surface area contributed by atoms with Gasteiger partial charge in [-0.1, -0.05) is 5.16 Å². The molecule has 15 heavy (non-hydrogen) atoms. The van der Waals surface area contributed by atoms with Gasteiger partial charge in [-0.05, 0) is 6.92 Å². The standard InChI is InChI=1S/C7H10F3N3O2/c1-5-12-6(15-13-5)4-11-2-3-14-7(8,9)10/h11H,2-4H2,1H3. The van der Waals surface area contributed by atoms with Gasteiger partial charge in [-0.25, -0.2) is 0 Å². The molecule has 0 aliphatic rings. The van der Waals surface area contributed by atoms with Crippen molar-refractivity contribution in [2.75, 3.05) is 13.2 Å². The van der Waals surface area contributed by atoms with Crippen LogP contribution in [0.1, 0.15) is 11.7 Å². The van der Waals surface area contributed by atoms with E-state index in [1.54, 1.807) is 6.92 Å². The number of aromatic nitrogens is 2. The molecule has 0 atom stereocenters. The maximum atomic E-state index is 11.5. The third kappa shape index (κ3) is 5.33. The van der Waals surface area contributed by atoms with Crippen molar-refractivity contribution in [1.82, 2.24) is 15.5 Å². The highest BCUT2D eigenvalue weighted by molar-refractivity contribution is 4.81. The third-order valence-corrected chi connectivity index (χ3v) is 1.39. The molecule has 0 aromatic carbocycles. The van der Waals surface area contributed by atoms with Crippen LogP contribution in [0.5, 0.6) is 0 Å². The number of alkyl halides is 3. The molecular formula is C7H10F3N3O2. The summed E-state index contributed by atoms with van der Waals surface area (Å²) in [6.45, 7) is 1.49. The van der Waals surface area contributed by atoms with Crippen molar-refractivity contribution in [3.63, 3.8) is 0 Å². The van der Waals surface area contributed by atoms with Crippen LogP contribution in [-0.2, 0) is 11.3 Å². The molecule has 1 heterocycles. The molecule has 0 unspecified atom stereocenters. The van der Waals surface area contributed by atoms with Crippen LogP contribution in [0.15, 0.2) is 4.52 Å². The van der Waals surface area contributed by atoms with Gasteiger partial charge in [0.25, 0.3) is 0 Å². The van der Waals surface area contributed by atoms with E-state index in [9.17, 15) is 13.2 Å². The molecule has 0 aliphatic carbocycles. The lowest BCUT2D eigenvalue weighted by Gasteiger charge is -2.06. The van der Waals surface area contributed by atoms with Crippen LogP contribution < -0.4 is 5.32 Å². The number of aryl methyl sites for hydroxylation is 1. The van der Waals surface area contributed by atoms with Crippen LogP contribution in [0.2, 0.25) is 0 Å². The van der Waals surface area contributed by atoms with Crippen molar-refractivity contribution in [2.24, 2.45) is 0 Å². The molecule has 86 valence electrons. The number of nitrogens with zero attached hydrogens (tertiary/aromatic N) is 2. The molecule has 1 aromatic rings. The number of halogens is 3. The summed E-state index contributed by atoms with van der Waals surface area (Å²) in [5.41, 5.74) is 0. The van der Waals surface area contributed by atoms with Crippen LogP contribution in [0.4, 0.5) is 13.2 Å². The minimum absolute atomic E-state index is 0.0565. The molecule has 0 spiro atoms. The van der Waals surface area contributed by atoms with E-state index in [0.717, 1.165) is 0 Å². The molecule has 1 rings (SSSR count). The summed E-state index contributed by atoms with van der Waals surface area (Å²) in [7, 11) is 0. The van der Waals surface area contributed by atoms with E-state index in [2.05, 4.69) is 20.2 Å². The zero-order valence-electron chi connectivity index (χ0n) is 7.97. The number of hydrogen-bond donors (Lipinski definition) is 1. The average molecular weight is 225 g/mol. The van der Waals surface area contributed by atoms with Gasteiger partial charge in [0, 0.05) is 6.54 Å². The zero-order chi connectivity index (χ0) is 11.3. The Morgan fingerprint density at radius 1 is 1.47 bits per heavy atom. The van der Waals surface area contributed by atoms with Crippen LogP contribution >= 0.6 is 0 Å². The van der Waals surface area contributed by atoms with Gasteiger partial charge in [-0.2, -0.15) is 4.98 Å². The Balaban J connectivity index is 2.07. The molecule has 5 nitrogen and oxygen atoms in total. The van der Waals surface area contributed by atoms with Gasteiger partial charge in [0.15, 0.2) is 5.82 Å². The predicted molar refractivity (Wildman–Crippen MR) is 42.7 cm³/mol. The average Bonchev–Trinajstić information content (AvgIpc) is 2.49. The lowest BCUT2D eigenvalue weighted by atomic mass is 10.6. The van der Waals surface area contributed by atoms with E-state index in [4.69, 9.17) is 4.52 Å². The Kier molecular flexibility index (Phi) is 4.04. The summed E-state index contributed by atoms with van der Waals surface area (Å²) in [6, 6.07) is 0. The van der Waals surface area contributed by atoms with E-state index in [0.29, 0.717) is 11.7 Å². The molecule has 0 saturated carbocycles. The normalized spacial score (nSPS) is 12.0. The first-order valence-corrected chi connectivity index (χ1v) is 4.18. The molecule has 0 radical (unpaired) electrons. The summed E-state index contributed by atoms with van der Waals surface area (Å²) in [4.78, 5) is 3.85. The van der Waals surface area contributed by atoms with Gasteiger partial charge in [0.1, 0.15) is 0 Å². The molecular weight excluding hydrogens is 215 g/mol. The number of ether oxygens (including phenoxy) is 1. The topological polar surface area (TPSA) is 60.2 Å². The van der Waals surface area contributed by atoms with Crippen molar-refractivity contribution in [3.8, 4) is 0 Å². The molecule has 0 fully saturated rings. The second kappa shape index (κ2) is 5.08. The monoisotopic (exact) mass is 225 g/mol. The van der Waals surface area contributed by atoms with Crippen LogP contribution in [0.25, 0.3) is 0 Å². The molecule has 8 heteroatoms. The summed E-state index contributed by atoms with van der Waals surface area (Å²) in [5, 5.41) is 6.18. The van der Waals surface area contributed by atoms with Crippen molar-refractivity contribution >= 4 is 0 Å².